The molecule has 0 radical (unpaired) electrons. The number of aliphatic hydroxyl groups excluding tert-OH is 2. The number of anilines is 1. The first kappa shape index (κ1) is 25.6. The molecule has 1 aliphatic carbocycles. The Morgan fingerprint density at radius 2 is 1.51 bits per heavy atom. The zero-order chi connectivity index (χ0) is 25.1. The largest absolute Gasteiger partial charge is 0.494 e. The Bertz CT molecular complexity index is 970. The molecule has 2 aromatic rings. The third kappa shape index (κ3) is 5.85. The maximum absolute atomic E-state index is 13.9. The third-order valence-electron chi connectivity index (χ3n) is 7.04. The number of nitrogens with zero attached hydrogens (tertiary/aromatic N) is 3. The van der Waals surface area contributed by atoms with Gasteiger partial charge in [0.05, 0.1) is 24.0 Å². The minimum absolute atomic E-state index is 0.00210. The van der Waals surface area contributed by atoms with Crippen molar-refractivity contribution in [2.45, 2.75) is 70.8 Å². The predicted molar refractivity (Wildman–Crippen MR) is 132 cm³/mol. The zero-order valence-electron chi connectivity index (χ0n) is 20.7. The van der Waals surface area contributed by atoms with Gasteiger partial charge < -0.3 is 30.1 Å². The summed E-state index contributed by atoms with van der Waals surface area (Å²) in [4.78, 5) is 4.59. The highest BCUT2D eigenvalue weighted by Gasteiger charge is 2.33. The summed E-state index contributed by atoms with van der Waals surface area (Å²) in [6, 6.07) is 4.70. The smallest absolute Gasteiger partial charge is 0.197 e. The third-order valence-corrected chi connectivity index (χ3v) is 7.04. The summed E-state index contributed by atoms with van der Waals surface area (Å²) in [7, 11) is 0. The molecule has 4 N–H and O–H groups in total. The van der Waals surface area contributed by atoms with E-state index in [2.05, 4.69) is 9.80 Å². The molecule has 1 aromatic carbocycles. The number of aromatic hydroxyl groups is 2. The van der Waals surface area contributed by atoms with Gasteiger partial charge in [0, 0.05) is 62.8 Å². The number of hydrogen-bond acceptors (Lipinski definition) is 7. The van der Waals surface area contributed by atoms with Crippen LogP contribution in [-0.2, 0) is 19.4 Å². The Balaban J connectivity index is 1.22. The van der Waals surface area contributed by atoms with Crippen molar-refractivity contribution < 1.29 is 29.6 Å². The lowest BCUT2D eigenvalue weighted by Gasteiger charge is -2.37. The maximum atomic E-state index is 13.9. The van der Waals surface area contributed by atoms with Gasteiger partial charge in [0.15, 0.2) is 11.8 Å². The van der Waals surface area contributed by atoms with Crippen molar-refractivity contribution in [1.82, 2.24) is 9.47 Å². The van der Waals surface area contributed by atoms with Crippen LogP contribution in [0.15, 0.2) is 18.2 Å². The number of aliphatic hydroxyl groups is 2. The first-order valence-corrected chi connectivity index (χ1v) is 12.7. The summed E-state index contributed by atoms with van der Waals surface area (Å²) in [6.07, 6.45) is 1.24. The molecule has 9 heteroatoms. The van der Waals surface area contributed by atoms with Crippen molar-refractivity contribution in [2.24, 2.45) is 0 Å². The van der Waals surface area contributed by atoms with Crippen molar-refractivity contribution in [3.8, 4) is 17.5 Å². The van der Waals surface area contributed by atoms with Crippen LogP contribution in [0, 0.1) is 5.82 Å². The maximum Gasteiger partial charge on any atom is 0.197 e. The van der Waals surface area contributed by atoms with E-state index in [0.29, 0.717) is 17.7 Å². The summed E-state index contributed by atoms with van der Waals surface area (Å²) in [5.74, 6) is 0.457. The SMILES string of the molecule is CC(C)Oc1ccc(F)cc1N1CCN(CCCCCn2c(O)c3c(c2O)CC(O)C(O)C3)CC1. The molecule has 0 spiro atoms. The molecule has 1 fully saturated rings. The van der Waals surface area contributed by atoms with E-state index in [-0.39, 0.29) is 36.5 Å². The summed E-state index contributed by atoms with van der Waals surface area (Å²) in [6.45, 7) is 8.80. The molecule has 1 aromatic heterocycles. The monoisotopic (exact) mass is 491 g/mol. The average molecular weight is 492 g/mol. The normalized spacial score (nSPS) is 20.9. The van der Waals surface area contributed by atoms with Crippen LogP contribution in [0.2, 0.25) is 0 Å². The van der Waals surface area contributed by atoms with Crippen LogP contribution in [0.1, 0.15) is 44.2 Å². The van der Waals surface area contributed by atoms with Crippen molar-refractivity contribution in [3.05, 3.63) is 35.1 Å². The summed E-state index contributed by atoms with van der Waals surface area (Å²) in [5.41, 5.74) is 1.89. The molecule has 35 heavy (non-hydrogen) atoms. The number of benzene rings is 1. The van der Waals surface area contributed by atoms with Crippen LogP contribution in [-0.4, -0.2) is 80.9 Å². The van der Waals surface area contributed by atoms with Crippen LogP contribution in [0.3, 0.4) is 0 Å². The molecule has 0 amide bonds. The van der Waals surface area contributed by atoms with E-state index in [1.54, 1.807) is 12.1 Å². The molecule has 8 nitrogen and oxygen atoms in total. The van der Waals surface area contributed by atoms with Crippen LogP contribution >= 0.6 is 0 Å². The molecular weight excluding hydrogens is 453 g/mol. The van der Waals surface area contributed by atoms with Gasteiger partial charge in [-0.3, -0.25) is 9.47 Å². The number of unbranched alkanes of at least 4 members (excludes halogenated alkanes) is 2. The highest BCUT2D eigenvalue weighted by Crippen LogP contribution is 2.39. The standard InChI is InChI=1S/C26H38FN3O5/c1-17(2)35-24-7-6-18(27)14-21(24)29-12-10-28(11-13-29)8-4-3-5-9-30-25(33)19-15-22(31)23(32)16-20(19)26(30)34/h6-7,14,17,22-23,31-34H,3-5,8-13,15-16H2,1-2H3. The molecule has 1 aliphatic heterocycles. The number of aromatic nitrogens is 1. The Kier molecular flexibility index (Phi) is 8.09. The Morgan fingerprint density at radius 1 is 0.914 bits per heavy atom. The van der Waals surface area contributed by atoms with E-state index in [1.165, 1.54) is 10.6 Å². The van der Waals surface area contributed by atoms with E-state index >= 15 is 0 Å². The molecule has 1 saturated heterocycles. The minimum atomic E-state index is -0.917. The van der Waals surface area contributed by atoms with Gasteiger partial charge in [-0.25, -0.2) is 4.39 Å². The fourth-order valence-electron chi connectivity index (χ4n) is 5.11. The first-order valence-electron chi connectivity index (χ1n) is 12.7. The topological polar surface area (TPSA) is 102 Å². The lowest BCUT2D eigenvalue weighted by Crippen LogP contribution is -2.46. The number of hydrogen-bond donors (Lipinski definition) is 4. The van der Waals surface area contributed by atoms with Gasteiger partial charge in [-0.2, -0.15) is 0 Å². The summed E-state index contributed by atoms with van der Waals surface area (Å²) in [5, 5.41) is 40.7. The molecular formula is C26H38FN3O5. The van der Waals surface area contributed by atoms with E-state index in [9.17, 15) is 24.8 Å². The van der Waals surface area contributed by atoms with E-state index < -0.39 is 12.2 Å². The van der Waals surface area contributed by atoms with Gasteiger partial charge in [-0.05, 0) is 45.4 Å². The molecule has 4 rings (SSSR count). The number of piperazine rings is 1. The Labute approximate surface area is 206 Å². The van der Waals surface area contributed by atoms with Crippen LogP contribution in [0.25, 0.3) is 0 Å². The van der Waals surface area contributed by atoms with Gasteiger partial charge >= 0.3 is 0 Å². The van der Waals surface area contributed by atoms with Gasteiger partial charge in [0.25, 0.3) is 0 Å². The van der Waals surface area contributed by atoms with Crippen molar-refractivity contribution >= 4 is 5.69 Å². The van der Waals surface area contributed by atoms with Gasteiger partial charge in [-0.1, -0.05) is 6.42 Å². The molecule has 2 aliphatic rings. The van der Waals surface area contributed by atoms with Crippen molar-refractivity contribution in [1.29, 1.82) is 0 Å². The predicted octanol–water partition coefficient (Wildman–Crippen LogP) is 2.64. The molecule has 0 bridgehead atoms. The summed E-state index contributed by atoms with van der Waals surface area (Å²) < 4.78 is 21.2. The van der Waals surface area contributed by atoms with Crippen LogP contribution in [0.5, 0.6) is 17.5 Å². The molecule has 2 heterocycles. The van der Waals surface area contributed by atoms with Crippen molar-refractivity contribution in [3.63, 3.8) is 0 Å². The summed E-state index contributed by atoms with van der Waals surface area (Å²) >= 11 is 0. The molecule has 2 unspecified atom stereocenters. The van der Waals surface area contributed by atoms with Gasteiger partial charge in [0.2, 0.25) is 0 Å². The van der Waals surface area contributed by atoms with Crippen molar-refractivity contribution in [2.75, 3.05) is 37.6 Å². The highest BCUT2D eigenvalue weighted by atomic mass is 19.1. The van der Waals surface area contributed by atoms with Crippen LogP contribution < -0.4 is 9.64 Å². The molecule has 194 valence electrons. The lowest BCUT2D eigenvalue weighted by atomic mass is 9.90. The Morgan fingerprint density at radius 3 is 2.11 bits per heavy atom. The van der Waals surface area contributed by atoms with Gasteiger partial charge in [-0.15, -0.1) is 0 Å². The second kappa shape index (κ2) is 11.1. The quantitative estimate of drug-likeness (QED) is 0.400. The first-order chi connectivity index (χ1) is 16.7. The second-order valence-corrected chi connectivity index (χ2v) is 9.97. The fourth-order valence-corrected chi connectivity index (χ4v) is 5.11. The van der Waals surface area contributed by atoms with E-state index in [4.69, 9.17) is 4.74 Å². The zero-order valence-corrected chi connectivity index (χ0v) is 20.7. The fraction of sp³-hybridized carbons (Fsp3) is 0.615. The molecule has 2 atom stereocenters. The molecule has 0 saturated carbocycles. The van der Waals surface area contributed by atoms with E-state index in [1.807, 2.05) is 13.8 Å². The number of halogens is 1. The minimum Gasteiger partial charge on any atom is -0.494 e. The number of ether oxygens (including phenoxy) is 1. The van der Waals surface area contributed by atoms with Gasteiger partial charge in [0.1, 0.15) is 11.6 Å². The number of rotatable bonds is 9. The average Bonchev–Trinajstić information content (AvgIpc) is 3.04. The van der Waals surface area contributed by atoms with E-state index in [0.717, 1.165) is 63.4 Å². The Hall–Kier alpha value is -2.49. The second-order valence-electron chi connectivity index (χ2n) is 9.97. The van der Waals surface area contributed by atoms with Crippen LogP contribution in [0.4, 0.5) is 10.1 Å². The number of fused-ring (bicyclic) bond motifs is 1. The highest BCUT2D eigenvalue weighted by molar-refractivity contribution is 5.59. The lowest BCUT2D eigenvalue weighted by molar-refractivity contribution is 0.0136.